The van der Waals surface area contributed by atoms with Crippen molar-refractivity contribution in [1.29, 1.82) is 0 Å². The lowest BCUT2D eigenvalue weighted by atomic mass is 10.0. The fourth-order valence-corrected chi connectivity index (χ4v) is 2.78. The monoisotopic (exact) mass is 267 g/mol. The number of aliphatic hydroxyl groups is 1. The summed E-state index contributed by atoms with van der Waals surface area (Å²) >= 11 is 1.79. The zero-order valence-electron chi connectivity index (χ0n) is 11.9. The Bertz CT molecular complexity index is 350. The Morgan fingerprint density at radius 1 is 1.28 bits per heavy atom. The molecule has 0 bridgehead atoms. The molecular formula is C15H25NOS. The van der Waals surface area contributed by atoms with Crippen molar-refractivity contribution in [2.45, 2.75) is 44.0 Å². The first-order valence-electron chi connectivity index (χ1n) is 6.59. The Morgan fingerprint density at radius 2 is 1.89 bits per heavy atom. The second-order valence-corrected chi connectivity index (χ2v) is 6.31. The maximum atomic E-state index is 9.44. The Labute approximate surface area is 115 Å². The minimum atomic E-state index is -0.198. The Balaban J connectivity index is 2.57. The van der Waals surface area contributed by atoms with E-state index in [9.17, 15) is 5.11 Å². The molecule has 1 rings (SSSR count). The molecule has 0 aliphatic rings. The van der Waals surface area contributed by atoms with E-state index in [-0.39, 0.29) is 12.1 Å². The minimum absolute atomic E-state index is 0.165. The van der Waals surface area contributed by atoms with Crippen molar-refractivity contribution in [2.75, 3.05) is 18.9 Å². The number of rotatable bonds is 7. The molecule has 2 nitrogen and oxygen atoms in total. The average Bonchev–Trinajstić information content (AvgIpc) is 2.37. The second kappa shape index (κ2) is 7.17. The number of nitrogens with one attached hydrogen (secondary N) is 1. The van der Waals surface area contributed by atoms with Gasteiger partial charge in [0, 0.05) is 16.2 Å². The van der Waals surface area contributed by atoms with Crippen LogP contribution in [0.3, 0.4) is 0 Å². The van der Waals surface area contributed by atoms with Crippen molar-refractivity contribution in [3.8, 4) is 0 Å². The van der Waals surface area contributed by atoms with Crippen molar-refractivity contribution in [1.82, 2.24) is 5.32 Å². The van der Waals surface area contributed by atoms with Crippen LogP contribution in [0.1, 0.15) is 39.2 Å². The van der Waals surface area contributed by atoms with Crippen molar-refractivity contribution in [3.05, 3.63) is 29.8 Å². The van der Waals surface area contributed by atoms with Gasteiger partial charge in [0.05, 0.1) is 6.61 Å². The molecule has 0 aliphatic heterocycles. The van der Waals surface area contributed by atoms with Crippen LogP contribution in [0, 0.1) is 0 Å². The molecule has 1 atom stereocenters. The van der Waals surface area contributed by atoms with Gasteiger partial charge in [-0.25, -0.2) is 0 Å². The van der Waals surface area contributed by atoms with Gasteiger partial charge in [0.15, 0.2) is 0 Å². The van der Waals surface area contributed by atoms with Crippen LogP contribution in [0.2, 0.25) is 0 Å². The number of thioether (sulfide) groups is 1. The number of hydrogen-bond acceptors (Lipinski definition) is 3. The van der Waals surface area contributed by atoms with Gasteiger partial charge in [-0.15, -0.1) is 11.8 Å². The molecule has 0 aliphatic carbocycles. The predicted molar refractivity (Wildman–Crippen MR) is 80.4 cm³/mol. The lowest BCUT2D eigenvalue weighted by Gasteiger charge is -2.27. The Morgan fingerprint density at radius 3 is 2.33 bits per heavy atom. The van der Waals surface area contributed by atoms with Crippen LogP contribution in [-0.4, -0.2) is 29.5 Å². The molecule has 0 radical (unpaired) electrons. The van der Waals surface area contributed by atoms with Gasteiger partial charge in [0.1, 0.15) is 0 Å². The molecule has 102 valence electrons. The molecule has 3 heteroatoms. The van der Waals surface area contributed by atoms with Crippen LogP contribution in [0.15, 0.2) is 29.2 Å². The van der Waals surface area contributed by atoms with E-state index in [0.717, 1.165) is 12.3 Å². The minimum Gasteiger partial charge on any atom is -0.394 e. The highest BCUT2D eigenvalue weighted by atomic mass is 32.2. The highest BCUT2D eigenvalue weighted by Gasteiger charge is 2.21. The van der Waals surface area contributed by atoms with Crippen LogP contribution >= 0.6 is 11.8 Å². The van der Waals surface area contributed by atoms with Gasteiger partial charge in [0.2, 0.25) is 0 Å². The van der Waals surface area contributed by atoms with Gasteiger partial charge < -0.3 is 10.4 Å². The van der Waals surface area contributed by atoms with Crippen LogP contribution in [0.25, 0.3) is 0 Å². The smallest absolute Gasteiger partial charge is 0.0618 e. The topological polar surface area (TPSA) is 32.3 Å². The van der Waals surface area contributed by atoms with Crippen molar-refractivity contribution >= 4 is 11.8 Å². The van der Waals surface area contributed by atoms with Gasteiger partial charge in [-0.2, -0.15) is 0 Å². The number of aliphatic hydroxyl groups excluding tert-OH is 1. The van der Waals surface area contributed by atoms with Gasteiger partial charge in [-0.05, 0) is 37.1 Å². The Hall–Kier alpha value is -0.510. The van der Waals surface area contributed by atoms with Crippen LogP contribution in [0.4, 0.5) is 0 Å². The summed E-state index contributed by atoms with van der Waals surface area (Å²) in [5, 5.41) is 12.8. The molecule has 0 fully saturated rings. The normalized spacial score (nSPS) is 14.8. The van der Waals surface area contributed by atoms with Crippen LogP contribution < -0.4 is 5.32 Å². The summed E-state index contributed by atoms with van der Waals surface area (Å²) in [4.78, 5) is 1.26. The average molecular weight is 267 g/mol. The maximum Gasteiger partial charge on any atom is 0.0618 e. The predicted octanol–water partition coefficient (Wildman–Crippen LogP) is 3.26. The maximum absolute atomic E-state index is 9.44. The Kier molecular flexibility index (Phi) is 6.19. The fourth-order valence-electron chi connectivity index (χ4n) is 1.77. The fraction of sp³-hybridized carbons (Fsp3) is 0.600. The van der Waals surface area contributed by atoms with Crippen molar-refractivity contribution in [2.24, 2.45) is 0 Å². The number of hydrogen-bond donors (Lipinski definition) is 2. The number of benzene rings is 1. The molecule has 0 aromatic heterocycles. The zero-order chi connectivity index (χ0) is 13.6. The summed E-state index contributed by atoms with van der Waals surface area (Å²) in [5.74, 6) is 1.45. The van der Waals surface area contributed by atoms with Gasteiger partial charge in [-0.3, -0.25) is 0 Å². The van der Waals surface area contributed by atoms with E-state index in [1.807, 2.05) is 0 Å². The number of likely N-dealkylation sites (N-methyl/N-ethyl adjacent to an activating group) is 1. The van der Waals surface area contributed by atoms with E-state index in [0.29, 0.717) is 5.92 Å². The van der Waals surface area contributed by atoms with Crippen molar-refractivity contribution < 1.29 is 5.11 Å². The first kappa shape index (κ1) is 15.5. The van der Waals surface area contributed by atoms with Gasteiger partial charge in [-0.1, -0.05) is 32.9 Å². The molecule has 1 aromatic carbocycles. The van der Waals surface area contributed by atoms with E-state index < -0.39 is 0 Å². The van der Waals surface area contributed by atoms with Crippen molar-refractivity contribution in [3.63, 3.8) is 0 Å². The summed E-state index contributed by atoms with van der Waals surface area (Å²) in [6.07, 6.45) is 0. The molecule has 0 saturated carbocycles. The summed E-state index contributed by atoms with van der Waals surface area (Å²) in [6.45, 7) is 9.58. The third kappa shape index (κ3) is 4.63. The molecule has 0 heterocycles. The first-order chi connectivity index (χ1) is 8.50. The largest absolute Gasteiger partial charge is 0.394 e. The molecular weight excluding hydrogens is 242 g/mol. The lowest BCUT2D eigenvalue weighted by molar-refractivity contribution is 0.194. The molecule has 0 spiro atoms. The molecule has 1 aromatic rings. The highest BCUT2D eigenvalue weighted by Crippen LogP contribution is 2.24. The van der Waals surface area contributed by atoms with Crippen LogP contribution in [0.5, 0.6) is 0 Å². The molecule has 2 N–H and O–H groups in total. The SMILES string of the molecule is CCNC(C)(CO)CSc1ccc(C(C)C)cc1. The van der Waals surface area contributed by atoms with Crippen LogP contribution in [-0.2, 0) is 0 Å². The molecule has 1 unspecified atom stereocenters. The highest BCUT2D eigenvalue weighted by molar-refractivity contribution is 7.99. The third-order valence-electron chi connectivity index (χ3n) is 3.06. The summed E-state index contributed by atoms with van der Waals surface area (Å²) in [7, 11) is 0. The summed E-state index contributed by atoms with van der Waals surface area (Å²) in [6, 6.07) is 8.72. The van der Waals surface area contributed by atoms with Gasteiger partial charge >= 0.3 is 0 Å². The summed E-state index contributed by atoms with van der Waals surface area (Å²) in [5.41, 5.74) is 1.17. The molecule has 0 saturated heterocycles. The summed E-state index contributed by atoms with van der Waals surface area (Å²) < 4.78 is 0. The standard InChI is InChI=1S/C15H25NOS/c1-5-16-15(4,10-17)11-18-14-8-6-13(7-9-14)12(2)3/h6-9,12,16-17H,5,10-11H2,1-4H3. The second-order valence-electron chi connectivity index (χ2n) is 5.26. The lowest BCUT2D eigenvalue weighted by Crippen LogP contribution is -2.47. The van der Waals surface area contributed by atoms with E-state index in [2.05, 4.69) is 57.3 Å². The van der Waals surface area contributed by atoms with E-state index in [4.69, 9.17) is 0 Å². The third-order valence-corrected chi connectivity index (χ3v) is 4.44. The van der Waals surface area contributed by atoms with E-state index >= 15 is 0 Å². The van der Waals surface area contributed by atoms with E-state index in [1.54, 1.807) is 11.8 Å². The van der Waals surface area contributed by atoms with E-state index in [1.165, 1.54) is 10.5 Å². The molecule has 0 amide bonds. The quantitative estimate of drug-likeness (QED) is 0.744. The first-order valence-corrected chi connectivity index (χ1v) is 7.58. The van der Waals surface area contributed by atoms with Gasteiger partial charge in [0.25, 0.3) is 0 Å². The molecule has 18 heavy (non-hydrogen) atoms. The zero-order valence-corrected chi connectivity index (χ0v) is 12.7.